The van der Waals surface area contributed by atoms with E-state index in [-0.39, 0.29) is 11.9 Å². The van der Waals surface area contributed by atoms with Gasteiger partial charge in [0.25, 0.3) is 0 Å². The lowest BCUT2D eigenvalue weighted by Gasteiger charge is -2.16. The highest BCUT2D eigenvalue weighted by atomic mass is 32.2. The monoisotopic (exact) mass is 311 g/mol. The van der Waals surface area contributed by atoms with Gasteiger partial charge < -0.3 is 5.32 Å². The first kappa shape index (κ1) is 15.4. The van der Waals surface area contributed by atoms with E-state index in [1.54, 1.807) is 24.8 Å². The highest BCUT2D eigenvalue weighted by molar-refractivity contribution is 8.01. The van der Waals surface area contributed by atoms with Crippen molar-refractivity contribution in [2.24, 2.45) is 0 Å². The maximum absolute atomic E-state index is 13.8. The molecule has 1 aromatic heterocycles. The van der Waals surface area contributed by atoms with Gasteiger partial charge in [-0.2, -0.15) is 4.37 Å². The van der Waals surface area contributed by atoms with Gasteiger partial charge in [-0.1, -0.05) is 18.7 Å². The predicted octanol–water partition coefficient (Wildman–Crippen LogP) is 3.98. The Morgan fingerprint density at radius 3 is 2.80 bits per heavy atom. The molecule has 1 unspecified atom stereocenters. The summed E-state index contributed by atoms with van der Waals surface area (Å²) in [6.45, 7) is 5.84. The Morgan fingerprint density at radius 1 is 1.45 bits per heavy atom. The molecule has 0 aliphatic heterocycles. The third kappa shape index (κ3) is 3.37. The van der Waals surface area contributed by atoms with Crippen LogP contribution in [-0.4, -0.2) is 16.4 Å². The highest BCUT2D eigenvalue weighted by Gasteiger charge is 2.15. The molecule has 1 heterocycles. The number of nitrogens with one attached hydrogen (secondary N) is 1. The Morgan fingerprint density at radius 2 is 2.20 bits per heavy atom. The molecule has 1 atom stereocenters. The van der Waals surface area contributed by atoms with Crippen LogP contribution in [0.15, 0.2) is 21.4 Å². The summed E-state index contributed by atoms with van der Waals surface area (Å²) in [4.78, 5) is 5.49. The first-order valence-electron chi connectivity index (χ1n) is 6.52. The predicted molar refractivity (Wildman–Crippen MR) is 82.0 cm³/mol. The average Bonchev–Trinajstić information content (AvgIpc) is 2.89. The second kappa shape index (κ2) is 6.65. The molecule has 0 amide bonds. The minimum Gasteiger partial charge on any atom is -0.313 e. The smallest absolute Gasteiger partial charge is 0.174 e. The summed E-state index contributed by atoms with van der Waals surface area (Å²) in [5.74, 6) is 0.692. The number of hydrogen-bond acceptors (Lipinski definition) is 5. The van der Waals surface area contributed by atoms with Crippen LogP contribution in [-0.2, 0) is 6.42 Å². The van der Waals surface area contributed by atoms with Crippen molar-refractivity contribution in [1.29, 1.82) is 0 Å². The van der Waals surface area contributed by atoms with Crippen molar-refractivity contribution in [3.63, 3.8) is 0 Å². The molecule has 0 aliphatic carbocycles. The molecule has 2 aromatic rings. The van der Waals surface area contributed by atoms with E-state index >= 15 is 0 Å². The summed E-state index contributed by atoms with van der Waals surface area (Å²) >= 11 is 2.95. The van der Waals surface area contributed by atoms with Crippen LogP contribution in [0.1, 0.15) is 36.8 Å². The minimum atomic E-state index is -0.169. The van der Waals surface area contributed by atoms with E-state index in [0.717, 1.165) is 27.0 Å². The summed E-state index contributed by atoms with van der Waals surface area (Å²) in [7, 11) is 1.87. The van der Waals surface area contributed by atoms with E-state index < -0.39 is 0 Å². The zero-order valence-electron chi connectivity index (χ0n) is 12.0. The number of benzene rings is 1. The van der Waals surface area contributed by atoms with Crippen molar-refractivity contribution < 1.29 is 4.39 Å². The molecule has 0 saturated heterocycles. The zero-order chi connectivity index (χ0) is 14.7. The van der Waals surface area contributed by atoms with Gasteiger partial charge in [-0.05, 0) is 55.7 Å². The van der Waals surface area contributed by atoms with Crippen molar-refractivity contribution in [1.82, 2.24) is 14.7 Å². The molecule has 0 radical (unpaired) electrons. The first-order valence-corrected chi connectivity index (χ1v) is 8.11. The molecule has 2 rings (SSSR count). The maximum atomic E-state index is 13.8. The summed E-state index contributed by atoms with van der Waals surface area (Å²) in [6, 6.07) is 3.59. The van der Waals surface area contributed by atoms with Crippen LogP contribution in [0.2, 0.25) is 0 Å². The molecular formula is C14H18FN3S2. The molecule has 6 heteroatoms. The van der Waals surface area contributed by atoms with Crippen molar-refractivity contribution in [3.8, 4) is 0 Å². The van der Waals surface area contributed by atoms with Crippen LogP contribution >= 0.6 is 23.3 Å². The Labute approximate surface area is 127 Å². The fourth-order valence-corrected chi connectivity index (χ4v) is 3.73. The molecule has 108 valence electrons. The fraction of sp³-hybridized carbons (Fsp3) is 0.429. The topological polar surface area (TPSA) is 37.8 Å². The fourth-order valence-electron chi connectivity index (χ4n) is 1.77. The van der Waals surface area contributed by atoms with Crippen molar-refractivity contribution in [3.05, 3.63) is 34.9 Å². The largest absolute Gasteiger partial charge is 0.313 e. The molecule has 1 aromatic carbocycles. The Bertz CT molecular complexity index is 598. The van der Waals surface area contributed by atoms with Crippen LogP contribution in [0.25, 0.3) is 0 Å². The average molecular weight is 311 g/mol. The lowest BCUT2D eigenvalue weighted by Crippen LogP contribution is -2.13. The molecule has 0 spiro atoms. The second-order valence-corrected chi connectivity index (χ2v) is 6.62. The number of aromatic nitrogens is 2. The van der Waals surface area contributed by atoms with Gasteiger partial charge in [0, 0.05) is 17.4 Å². The Balaban J connectivity index is 2.36. The van der Waals surface area contributed by atoms with E-state index in [1.165, 1.54) is 11.5 Å². The van der Waals surface area contributed by atoms with Crippen molar-refractivity contribution >= 4 is 23.3 Å². The summed E-state index contributed by atoms with van der Waals surface area (Å²) < 4.78 is 19.0. The lowest BCUT2D eigenvalue weighted by molar-refractivity contribution is 0.594. The molecule has 3 nitrogen and oxygen atoms in total. The van der Waals surface area contributed by atoms with Crippen LogP contribution in [0.3, 0.4) is 0 Å². The molecule has 0 saturated carbocycles. The van der Waals surface area contributed by atoms with Gasteiger partial charge in [0.2, 0.25) is 0 Å². The summed E-state index contributed by atoms with van der Waals surface area (Å²) in [6.07, 6.45) is 0.833. The zero-order valence-corrected chi connectivity index (χ0v) is 13.7. The van der Waals surface area contributed by atoms with Gasteiger partial charge >= 0.3 is 0 Å². The SMILES string of the molecule is CCc1nsc(Sc2cc(C)c(F)cc2C(C)NC)n1. The lowest BCUT2D eigenvalue weighted by atomic mass is 10.1. The quantitative estimate of drug-likeness (QED) is 0.906. The summed E-state index contributed by atoms with van der Waals surface area (Å²) in [5.41, 5.74) is 1.61. The molecule has 1 N–H and O–H groups in total. The Kier molecular flexibility index (Phi) is 5.12. The van der Waals surface area contributed by atoms with Crippen molar-refractivity contribution in [2.45, 2.75) is 42.5 Å². The van der Waals surface area contributed by atoms with E-state index in [9.17, 15) is 4.39 Å². The number of hydrogen-bond donors (Lipinski definition) is 1. The molecule has 0 fully saturated rings. The minimum absolute atomic E-state index is 0.0890. The molecule has 20 heavy (non-hydrogen) atoms. The van der Waals surface area contributed by atoms with Gasteiger partial charge in [0.05, 0.1) is 0 Å². The van der Waals surface area contributed by atoms with Crippen LogP contribution in [0.5, 0.6) is 0 Å². The highest BCUT2D eigenvalue weighted by Crippen LogP contribution is 2.35. The molecule has 0 bridgehead atoms. The van der Waals surface area contributed by atoms with E-state index in [1.807, 2.05) is 27.0 Å². The summed E-state index contributed by atoms with van der Waals surface area (Å²) in [5, 5.41) is 3.16. The van der Waals surface area contributed by atoms with Crippen LogP contribution in [0, 0.1) is 12.7 Å². The number of halogens is 1. The number of aryl methyl sites for hydroxylation is 2. The Hall–Kier alpha value is -0.980. The van der Waals surface area contributed by atoms with Gasteiger partial charge in [0.15, 0.2) is 4.34 Å². The van der Waals surface area contributed by atoms with Gasteiger partial charge in [-0.3, -0.25) is 0 Å². The molecule has 0 aliphatic rings. The standard InChI is InChI=1S/C14H18FN3S2/c1-5-13-17-14(20-18-13)19-12-6-8(2)11(15)7-10(12)9(3)16-4/h6-7,9,16H,5H2,1-4H3. The van der Waals surface area contributed by atoms with Gasteiger partial charge in [0.1, 0.15) is 11.6 Å². The van der Waals surface area contributed by atoms with E-state index in [4.69, 9.17) is 0 Å². The van der Waals surface area contributed by atoms with Crippen LogP contribution < -0.4 is 5.32 Å². The molecular weight excluding hydrogens is 293 g/mol. The first-order chi connectivity index (χ1) is 9.55. The van der Waals surface area contributed by atoms with Gasteiger partial charge in [-0.25, -0.2) is 9.37 Å². The van der Waals surface area contributed by atoms with E-state index in [0.29, 0.717) is 5.56 Å². The third-order valence-electron chi connectivity index (χ3n) is 3.15. The normalized spacial score (nSPS) is 12.7. The maximum Gasteiger partial charge on any atom is 0.174 e. The number of nitrogens with zero attached hydrogens (tertiary/aromatic N) is 2. The van der Waals surface area contributed by atoms with Gasteiger partial charge in [-0.15, -0.1) is 0 Å². The third-order valence-corrected chi connectivity index (χ3v) is 5.02. The van der Waals surface area contributed by atoms with Crippen LogP contribution in [0.4, 0.5) is 4.39 Å². The van der Waals surface area contributed by atoms with E-state index in [2.05, 4.69) is 14.7 Å². The second-order valence-electron chi connectivity index (χ2n) is 4.58. The number of rotatable bonds is 5. The van der Waals surface area contributed by atoms with Crippen molar-refractivity contribution in [2.75, 3.05) is 7.05 Å².